The predicted molar refractivity (Wildman–Crippen MR) is 210 cm³/mol. The highest BCUT2D eigenvalue weighted by atomic mass is 32.2. The van der Waals surface area contributed by atoms with Gasteiger partial charge in [0.15, 0.2) is 40.7 Å². The van der Waals surface area contributed by atoms with Crippen molar-refractivity contribution < 1.29 is 33.0 Å². The first-order chi connectivity index (χ1) is 26.3. The summed E-state index contributed by atoms with van der Waals surface area (Å²) in [7, 11) is 17.5. The molecule has 4 aromatic rings. The van der Waals surface area contributed by atoms with Gasteiger partial charge in [-0.25, -0.2) is 8.42 Å². The van der Waals surface area contributed by atoms with Gasteiger partial charge >= 0.3 is 0 Å². The first-order valence-electron chi connectivity index (χ1n) is 17.6. The molecule has 286 valence electrons. The largest absolute Gasteiger partial charge is 0.366 e. The summed E-state index contributed by atoms with van der Waals surface area (Å²) >= 11 is 0. The molecule has 21 heteroatoms. The van der Waals surface area contributed by atoms with Gasteiger partial charge in [0, 0.05) is 54.4 Å². The average Bonchev–Trinajstić information content (AvgIpc) is 4.03. The number of hydrogen-bond donors (Lipinski definition) is 5. The lowest BCUT2D eigenvalue weighted by atomic mass is 9.58. The molecule has 1 aromatic carbocycles. The number of anilines is 4. The number of nitrogens with one attached hydrogen (secondary N) is 3. The van der Waals surface area contributed by atoms with E-state index in [0.717, 1.165) is 17.7 Å². The number of carbonyl (C=O) groups is 3. The molecule has 2 aliphatic rings. The average molecular weight is 776 g/mol. The molecular weight excluding hydrogens is 737 g/mol. The normalized spacial score (nSPS) is 15.0. The number of sulfone groups is 1. The summed E-state index contributed by atoms with van der Waals surface area (Å²) in [4.78, 5) is 46.2. The molecule has 3 aromatic heterocycles. The van der Waals surface area contributed by atoms with Crippen molar-refractivity contribution >= 4 is 74.0 Å². The molecule has 6 radical (unpaired) electrons. The lowest BCUT2D eigenvalue weighted by Crippen LogP contribution is -2.49. The maximum absolute atomic E-state index is 13.8. The third-order valence-corrected chi connectivity index (χ3v) is 11.0. The van der Waals surface area contributed by atoms with Crippen LogP contribution in [0.2, 0.25) is 0 Å². The summed E-state index contributed by atoms with van der Waals surface area (Å²) < 4.78 is 25.0. The van der Waals surface area contributed by atoms with E-state index in [1.807, 2.05) is 31.0 Å². The van der Waals surface area contributed by atoms with E-state index in [4.69, 9.17) is 23.5 Å². The third-order valence-electron chi connectivity index (χ3n) is 9.23. The fraction of sp³-hybridized carbons (Fsp3) is 0.371. The number of fused-ring (bicyclic) bond motifs is 3. The van der Waals surface area contributed by atoms with E-state index in [1.165, 1.54) is 38.4 Å². The van der Waals surface area contributed by atoms with Gasteiger partial charge < -0.3 is 36.0 Å². The number of rotatable bonds is 11. The van der Waals surface area contributed by atoms with Gasteiger partial charge in [0.25, 0.3) is 11.8 Å². The molecule has 1 fully saturated rings. The van der Waals surface area contributed by atoms with Crippen LogP contribution in [0.5, 0.6) is 0 Å². The zero-order chi connectivity index (χ0) is 41.3. The smallest absolute Gasteiger partial charge is 0.277 e. The van der Waals surface area contributed by atoms with Crippen LogP contribution in [0.3, 0.4) is 0 Å². The van der Waals surface area contributed by atoms with Gasteiger partial charge in [0.05, 0.1) is 49.4 Å². The molecule has 0 spiro atoms. The van der Waals surface area contributed by atoms with Crippen molar-refractivity contribution in [2.75, 3.05) is 35.4 Å². The van der Waals surface area contributed by atoms with Crippen molar-refractivity contribution in [2.24, 2.45) is 5.92 Å². The van der Waals surface area contributed by atoms with Gasteiger partial charge in [-0.2, -0.15) is 0 Å². The van der Waals surface area contributed by atoms with E-state index in [-0.39, 0.29) is 51.1 Å². The zero-order valence-corrected chi connectivity index (χ0v) is 32.4. The first kappa shape index (κ1) is 41.8. The Morgan fingerprint density at radius 2 is 1.70 bits per heavy atom. The Morgan fingerprint density at radius 1 is 1.00 bits per heavy atom. The SMILES string of the molecule is CC.[B]C(O)(O)NC(=O)c1nnc(NC(=O)C2CC2)cc1Nc1cccc2c1N(C)C(C)c1cc(C(=O)N(C)C([B])([B])c3cc(S(=O)(=O)CC)ccn3)nnc1-2. The van der Waals surface area contributed by atoms with Crippen molar-refractivity contribution in [2.45, 2.75) is 62.6 Å². The number of amides is 3. The van der Waals surface area contributed by atoms with Gasteiger partial charge in [-0.1, -0.05) is 32.9 Å². The second-order valence-corrected chi connectivity index (χ2v) is 15.3. The molecule has 4 heterocycles. The van der Waals surface area contributed by atoms with E-state index in [1.54, 1.807) is 31.3 Å². The topological polar surface area (TPSA) is 233 Å². The molecule has 3 amide bonds. The van der Waals surface area contributed by atoms with Crippen LogP contribution in [-0.2, 0) is 20.0 Å². The Balaban J connectivity index is 0.00000295. The Bertz CT molecular complexity index is 2290. The Kier molecular flexibility index (Phi) is 11.9. The summed E-state index contributed by atoms with van der Waals surface area (Å²) in [6, 6.07) is 10.3. The second kappa shape index (κ2) is 16.0. The van der Waals surface area contributed by atoms with E-state index in [2.05, 4.69) is 36.0 Å². The van der Waals surface area contributed by atoms with Crippen molar-refractivity contribution in [3.8, 4) is 11.3 Å². The minimum atomic E-state index is -3.61. The number of pyridine rings is 1. The van der Waals surface area contributed by atoms with Crippen LogP contribution in [0.4, 0.5) is 22.9 Å². The minimum Gasteiger partial charge on any atom is -0.366 e. The summed E-state index contributed by atoms with van der Waals surface area (Å²) in [6.45, 7) is 7.37. The van der Waals surface area contributed by atoms with Gasteiger partial charge in [0.1, 0.15) is 5.69 Å². The molecule has 5 N–H and O–H groups in total. The van der Waals surface area contributed by atoms with Gasteiger partial charge in [-0.15, -0.1) is 20.4 Å². The van der Waals surface area contributed by atoms with Crippen LogP contribution in [0.25, 0.3) is 11.3 Å². The lowest BCUT2D eigenvalue weighted by Gasteiger charge is -2.38. The molecule has 17 nitrogen and oxygen atoms in total. The number of carbonyl (C=O) groups excluding carboxylic acids is 3. The molecule has 1 atom stereocenters. The third kappa shape index (κ3) is 8.53. The Labute approximate surface area is 328 Å². The van der Waals surface area contributed by atoms with E-state index in [9.17, 15) is 33.0 Å². The first-order valence-corrected chi connectivity index (χ1v) is 19.3. The standard InChI is InChI=1S/C33H33B3N10O7S.C2H6/c1-5-54(52,53)18-11-12-37-24(13-18)32(34,35)46(4)31(49)23-14-20-16(2)45(3)28-19(26(20)43-41-23)7-6-8-21(28)38-22-15-25(39-29(47)17-9-10-17)42-44-27(22)30(48)40-33(36,50)51;1-2/h6-8,11-17,50-51H,5,9-10H2,1-4H3,(H,40,48)(H2,38,39,42,47);1-2H3. The quantitative estimate of drug-likeness (QED) is 0.107. The van der Waals surface area contributed by atoms with E-state index >= 15 is 0 Å². The highest BCUT2D eigenvalue weighted by Crippen LogP contribution is 2.47. The predicted octanol–water partition coefficient (Wildman–Crippen LogP) is 1.47. The van der Waals surface area contributed by atoms with Crippen molar-refractivity contribution in [3.63, 3.8) is 0 Å². The summed E-state index contributed by atoms with van der Waals surface area (Å²) in [5.41, 5.74) is 2.29. The maximum Gasteiger partial charge on any atom is 0.277 e. The van der Waals surface area contributed by atoms with Crippen molar-refractivity contribution in [1.29, 1.82) is 0 Å². The van der Waals surface area contributed by atoms with E-state index in [0.29, 0.717) is 28.2 Å². The number of nitrogens with zero attached hydrogens (tertiary/aromatic N) is 7. The molecular formula is C35H39B3N10O7S. The zero-order valence-electron chi connectivity index (χ0n) is 31.6. The van der Waals surface area contributed by atoms with Crippen LogP contribution >= 0.6 is 0 Å². The van der Waals surface area contributed by atoms with Crippen molar-refractivity contribution in [1.82, 2.24) is 35.6 Å². The van der Waals surface area contributed by atoms with Gasteiger partial charge in [0.2, 0.25) is 5.91 Å². The van der Waals surface area contributed by atoms with Crippen LogP contribution in [0, 0.1) is 5.92 Å². The van der Waals surface area contributed by atoms with E-state index < -0.39 is 38.8 Å². The number of aromatic nitrogens is 5. The van der Waals surface area contributed by atoms with Crippen LogP contribution in [0.1, 0.15) is 78.8 Å². The fourth-order valence-corrected chi connectivity index (χ4v) is 6.71. The summed E-state index contributed by atoms with van der Waals surface area (Å²) in [6.07, 6.45) is 2.74. The number of benzene rings is 1. The molecule has 1 aliphatic heterocycles. The Hall–Kier alpha value is -5.40. The molecule has 1 saturated carbocycles. The van der Waals surface area contributed by atoms with Crippen molar-refractivity contribution in [3.05, 3.63) is 71.3 Å². The maximum atomic E-state index is 13.8. The van der Waals surface area contributed by atoms with Crippen LogP contribution in [0.15, 0.2) is 53.6 Å². The summed E-state index contributed by atoms with van der Waals surface area (Å²) in [5, 5.41) is 41.3. The highest BCUT2D eigenvalue weighted by molar-refractivity contribution is 7.91. The lowest BCUT2D eigenvalue weighted by molar-refractivity contribution is -0.117. The molecule has 1 aliphatic carbocycles. The monoisotopic (exact) mass is 776 g/mol. The number of hydrogen-bond acceptors (Lipinski definition) is 14. The molecule has 0 saturated heterocycles. The van der Waals surface area contributed by atoms with Gasteiger partial charge in [-0.05, 0) is 44.0 Å². The highest BCUT2D eigenvalue weighted by Gasteiger charge is 2.36. The molecule has 6 rings (SSSR count). The molecule has 1 unspecified atom stereocenters. The minimum absolute atomic E-state index is 0.0394. The summed E-state index contributed by atoms with van der Waals surface area (Å²) in [5.74, 6) is -5.33. The van der Waals surface area contributed by atoms with Crippen LogP contribution in [-0.4, -0.2) is 116 Å². The fourth-order valence-electron chi connectivity index (χ4n) is 5.82. The van der Waals surface area contributed by atoms with Crippen LogP contribution < -0.4 is 20.9 Å². The number of aliphatic hydroxyl groups is 2. The molecule has 0 bridgehead atoms. The number of para-hydroxylation sites is 1. The van der Waals surface area contributed by atoms with Gasteiger partial charge in [-0.3, -0.25) is 19.4 Å². The second-order valence-electron chi connectivity index (χ2n) is 13.1. The molecule has 56 heavy (non-hydrogen) atoms. The Morgan fingerprint density at radius 3 is 2.34 bits per heavy atom.